The molecule has 0 aliphatic carbocycles. The van der Waals surface area contributed by atoms with E-state index in [1.807, 2.05) is 26.0 Å². The highest BCUT2D eigenvalue weighted by atomic mass is 127. The van der Waals surface area contributed by atoms with Crippen molar-refractivity contribution in [1.82, 2.24) is 0 Å². The summed E-state index contributed by atoms with van der Waals surface area (Å²) in [4.78, 5) is 11.7. The third kappa shape index (κ3) is 3.17. The second-order valence-electron chi connectivity index (χ2n) is 3.03. The van der Waals surface area contributed by atoms with Crippen LogP contribution in [0.1, 0.15) is 24.2 Å². The van der Waals surface area contributed by atoms with Crippen molar-refractivity contribution in [3.8, 4) is 5.75 Å². The lowest BCUT2D eigenvalue weighted by molar-refractivity contribution is 0.0992. The van der Waals surface area contributed by atoms with E-state index < -0.39 is 0 Å². The third-order valence-electron chi connectivity index (χ3n) is 1.88. The second kappa shape index (κ2) is 5.84. The molecule has 4 heteroatoms. The maximum Gasteiger partial charge on any atom is 0.179 e. The molecule has 15 heavy (non-hydrogen) atoms. The Hall–Kier alpha value is -0.100. The molecule has 0 radical (unpaired) electrons. The fraction of sp³-hybridized carbons (Fsp3) is 0.364. The van der Waals surface area contributed by atoms with Crippen molar-refractivity contribution < 1.29 is 9.53 Å². The molecule has 0 heterocycles. The number of ketones is 1. The molecule has 0 N–H and O–H groups in total. The number of benzene rings is 1. The lowest BCUT2D eigenvalue weighted by Crippen LogP contribution is -2.12. The molecular formula is C11H12BrIO2. The number of hydrogen-bond donors (Lipinski definition) is 0. The van der Waals surface area contributed by atoms with Crippen LogP contribution in [0.5, 0.6) is 5.75 Å². The summed E-state index contributed by atoms with van der Waals surface area (Å²) in [5, 5.41) is 0. The lowest BCUT2D eigenvalue weighted by atomic mass is 10.1. The zero-order valence-electron chi connectivity index (χ0n) is 8.59. The summed E-state index contributed by atoms with van der Waals surface area (Å²) in [5.41, 5.74) is 0.646. The molecule has 1 unspecified atom stereocenters. The van der Waals surface area contributed by atoms with Crippen LogP contribution in [0.25, 0.3) is 0 Å². The number of carbonyl (C=O) groups is 1. The van der Waals surface area contributed by atoms with Gasteiger partial charge in [-0.25, -0.2) is 0 Å². The largest absolute Gasteiger partial charge is 0.492 e. The summed E-state index contributed by atoms with van der Waals surface area (Å²) in [6.45, 7) is 4.30. The Morgan fingerprint density at radius 2 is 2.27 bits per heavy atom. The Morgan fingerprint density at radius 3 is 2.80 bits per heavy atom. The molecule has 2 nitrogen and oxygen atoms in total. The maximum absolute atomic E-state index is 11.9. The quantitative estimate of drug-likeness (QED) is 0.451. The van der Waals surface area contributed by atoms with Crippen molar-refractivity contribution in [3.05, 3.63) is 27.3 Å². The molecule has 1 rings (SSSR count). The minimum absolute atomic E-state index is 0.0527. The molecule has 0 spiro atoms. The highest BCUT2D eigenvalue weighted by Gasteiger charge is 2.18. The number of Topliss-reactive ketones (excluding diaryl/α,β-unsaturated/α-hetero) is 1. The Labute approximate surface area is 112 Å². The summed E-state index contributed by atoms with van der Waals surface area (Å²) in [6, 6.07) is 5.60. The molecule has 0 amide bonds. The first-order chi connectivity index (χ1) is 7.07. The molecule has 1 aromatic carbocycles. The van der Waals surface area contributed by atoms with E-state index in [2.05, 4.69) is 38.5 Å². The monoisotopic (exact) mass is 382 g/mol. The lowest BCUT2D eigenvalue weighted by Gasteiger charge is -2.12. The number of rotatable bonds is 4. The highest BCUT2D eigenvalue weighted by molar-refractivity contribution is 14.1. The van der Waals surface area contributed by atoms with Crippen LogP contribution in [-0.4, -0.2) is 17.2 Å². The third-order valence-corrected chi connectivity index (χ3v) is 3.15. The zero-order valence-corrected chi connectivity index (χ0v) is 12.3. The average Bonchev–Trinajstić information content (AvgIpc) is 2.20. The standard InChI is InChI=1S/C11H12BrIO2/c1-3-15-11-8(10(14)7(2)12)5-4-6-9(11)13/h4-7H,3H2,1-2H3. The molecule has 82 valence electrons. The predicted molar refractivity (Wildman–Crippen MR) is 73.0 cm³/mol. The van der Waals surface area contributed by atoms with Gasteiger partial charge in [0, 0.05) is 0 Å². The van der Waals surface area contributed by atoms with E-state index in [0.29, 0.717) is 17.9 Å². The van der Waals surface area contributed by atoms with Crippen LogP contribution in [0.15, 0.2) is 18.2 Å². The Kier molecular flexibility index (Phi) is 5.05. The number of halogens is 2. The van der Waals surface area contributed by atoms with Gasteiger partial charge < -0.3 is 4.74 Å². The molecule has 0 fully saturated rings. The van der Waals surface area contributed by atoms with Gasteiger partial charge in [0.05, 0.1) is 20.6 Å². The Morgan fingerprint density at radius 1 is 1.60 bits per heavy atom. The van der Waals surface area contributed by atoms with Crippen LogP contribution < -0.4 is 4.74 Å². The van der Waals surface area contributed by atoms with Gasteiger partial charge in [-0.1, -0.05) is 22.0 Å². The number of para-hydroxylation sites is 1. The van der Waals surface area contributed by atoms with E-state index in [1.165, 1.54) is 0 Å². The van der Waals surface area contributed by atoms with Crippen molar-refractivity contribution in [2.75, 3.05) is 6.61 Å². The second-order valence-corrected chi connectivity index (χ2v) is 5.57. The van der Waals surface area contributed by atoms with Gasteiger partial charge in [0.15, 0.2) is 5.78 Å². The number of carbonyl (C=O) groups excluding carboxylic acids is 1. The van der Waals surface area contributed by atoms with Crippen molar-refractivity contribution in [1.29, 1.82) is 0 Å². The van der Waals surface area contributed by atoms with Crippen LogP contribution in [0.3, 0.4) is 0 Å². The molecule has 0 saturated carbocycles. The van der Waals surface area contributed by atoms with E-state index >= 15 is 0 Å². The number of alkyl halides is 1. The van der Waals surface area contributed by atoms with E-state index in [0.717, 1.165) is 3.57 Å². The van der Waals surface area contributed by atoms with Crippen LogP contribution in [0.4, 0.5) is 0 Å². The molecule has 1 aromatic rings. The van der Waals surface area contributed by atoms with E-state index in [-0.39, 0.29) is 10.6 Å². The number of hydrogen-bond acceptors (Lipinski definition) is 2. The Bertz CT molecular complexity index is 364. The van der Waals surface area contributed by atoms with Gasteiger partial charge in [0.25, 0.3) is 0 Å². The summed E-state index contributed by atoms with van der Waals surface area (Å²) in [6.07, 6.45) is 0. The van der Waals surface area contributed by atoms with Gasteiger partial charge in [0.1, 0.15) is 5.75 Å². The van der Waals surface area contributed by atoms with E-state index in [9.17, 15) is 4.79 Å². The highest BCUT2D eigenvalue weighted by Crippen LogP contribution is 2.27. The van der Waals surface area contributed by atoms with Crippen LogP contribution in [0, 0.1) is 3.57 Å². The topological polar surface area (TPSA) is 26.3 Å². The average molecular weight is 383 g/mol. The van der Waals surface area contributed by atoms with Gasteiger partial charge in [-0.3, -0.25) is 4.79 Å². The van der Waals surface area contributed by atoms with Crippen molar-refractivity contribution in [3.63, 3.8) is 0 Å². The minimum Gasteiger partial charge on any atom is -0.492 e. The van der Waals surface area contributed by atoms with Gasteiger partial charge in [-0.05, 0) is 48.6 Å². The first kappa shape index (κ1) is 13.0. The van der Waals surface area contributed by atoms with Crippen molar-refractivity contribution >= 4 is 44.3 Å². The van der Waals surface area contributed by atoms with Crippen molar-refractivity contribution in [2.24, 2.45) is 0 Å². The van der Waals surface area contributed by atoms with E-state index in [4.69, 9.17) is 4.74 Å². The maximum atomic E-state index is 11.9. The van der Waals surface area contributed by atoms with Gasteiger partial charge in [-0.15, -0.1) is 0 Å². The zero-order chi connectivity index (χ0) is 11.4. The summed E-state index contributed by atoms with van der Waals surface area (Å²) in [7, 11) is 0. The molecule has 1 atom stereocenters. The molecule has 0 aliphatic heterocycles. The normalized spacial score (nSPS) is 12.3. The summed E-state index contributed by atoms with van der Waals surface area (Å²) < 4.78 is 6.46. The fourth-order valence-corrected chi connectivity index (χ4v) is 2.11. The number of ether oxygens (including phenoxy) is 1. The minimum atomic E-state index is -0.185. The first-order valence-electron chi connectivity index (χ1n) is 4.67. The molecule has 0 aliphatic rings. The van der Waals surface area contributed by atoms with Crippen LogP contribution in [-0.2, 0) is 0 Å². The first-order valence-corrected chi connectivity index (χ1v) is 6.67. The molecule has 0 saturated heterocycles. The van der Waals surface area contributed by atoms with Crippen molar-refractivity contribution in [2.45, 2.75) is 18.7 Å². The van der Waals surface area contributed by atoms with Gasteiger partial charge >= 0.3 is 0 Å². The Balaban J connectivity index is 3.16. The summed E-state index contributed by atoms with van der Waals surface area (Å²) in [5.74, 6) is 0.744. The molecule has 0 bridgehead atoms. The van der Waals surface area contributed by atoms with Gasteiger partial charge in [0.2, 0.25) is 0 Å². The van der Waals surface area contributed by atoms with E-state index in [1.54, 1.807) is 6.07 Å². The van der Waals surface area contributed by atoms with Crippen LogP contribution >= 0.6 is 38.5 Å². The summed E-state index contributed by atoms with van der Waals surface area (Å²) >= 11 is 5.45. The smallest absolute Gasteiger partial charge is 0.179 e. The fourth-order valence-electron chi connectivity index (χ4n) is 1.21. The van der Waals surface area contributed by atoms with Gasteiger partial charge in [-0.2, -0.15) is 0 Å². The van der Waals surface area contributed by atoms with Crippen LogP contribution in [0.2, 0.25) is 0 Å². The predicted octanol–water partition coefficient (Wildman–Crippen LogP) is 3.66. The SMILES string of the molecule is CCOc1c(I)cccc1C(=O)C(C)Br. The molecular weight excluding hydrogens is 371 g/mol. The molecule has 0 aromatic heterocycles.